The van der Waals surface area contributed by atoms with Crippen molar-refractivity contribution in [3.8, 4) is 5.75 Å². The molecule has 6 heterocycles. The van der Waals surface area contributed by atoms with Crippen LogP contribution in [0.4, 0.5) is 34.1 Å². The Morgan fingerprint density at radius 2 is 0.653 bits per heavy atom. The first-order chi connectivity index (χ1) is 45.3. The summed E-state index contributed by atoms with van der Waals surface area (Å²) < 4.78 is 8.89. The van der Waals surface area contributed by atoms with Gasteiger partial charge < -0.3 is 47.8 Å². The highest BCUT2D eigenvalue weighted by Gasteiger charge is 2.36. The van der Waals surface area contributed by atoms with Gasteiger partial charge in [-0.25, -0.2) is 0 Å². The Bertz CT molecular complexity index is 4780. The molecule has 0 unspecified atom stereocenters. The number of anilines is 3. The summed E-state index contributed by atoms with van der Waals surface area (Å²) in [6.07, 6.45) is 0. The number of hydrogen-bond donors (Lipinski definition) is 0. The molecule has 0 spiro atoms. The van der Waals surface area contributed by atoms with Crippen LogP contribution < -0.4 is 36.1 Å². The number of carbonyl (C=O) groups is 3. The zero-order chi connectivity index (χ0) is 68.4. The van der Waals surface area contributed by atoms with E-state index in [1.165, 1.54) is 40.9 Å². The zero-order valence-corrected chi connectivity index (χ0v) is 55.5. The molecule has 516 valence electrons. The van der Waals surface area contributed by atoms with Gasteiger partial charge in [0.2, 0.25) is 0 Å². The highest BCUT2D eigenvalue weighted by Crippen LogP contribution is 2.39. The largest absolute Gasteiger partial charge is 0.497 e. The molecule has 0 saturated carbocycles. The van der Waals surface area contributed by atoms with E-state index >= 15 is 0 Å². The topological polar surface area (TPSA) is 275 Å². The van der Waals surface area contributed by atoms with Gasteiger partial charge in [0.05, 0.1) is 48.5 Å². The summed E-state index contributed by atoms with van der Waals surface area (Å²) >= 11 is 36.3. The molecule has 3 amide bonds. The zero-order valence-electron chi connectivity index (χ0n) is 51.0. The Kier molecular flexibility index (Phi) is 24.6. The Morgan fingerprint density at radius 1 is 0.378 bits per heavy atom. The number of aryl methyl sites for hydroxylation is 3. The fourth-order valence-corrected chi connectivity index (χ4v) is 12.8. The Balaban J connectivity index is 0.000000204. The number of carbonyl (C=O) groups excluding carboxylic acids is 3. The fraction of sp³-hybridized carbons (Fsp3) is 0.284. The third-order valence-corrected chi connectivity index (χ3v) is 18.4. The molecular formula is C67H68Cl6N12O13. The van der Waals surface area contributed by atoms with E-state index < -0.39 is 48.5 Å². The SMILES string of the molecule is C.C.C.COc1ccc(C(=O)N2CCN(c3c([N+](=O)[O-])c(=O)n(C)c4ccc(Cl)cc34)CC2)cc1.Cn1c(=O)c([N+](=O)[O-])c(N2CCN(C(=O)c3ccc(Cl)c(Cl)c3)CC2)c2cc(Cl)ccc21.Cn1c(=O)c([N+](=O)[O-])c(N2CCN(C(=O)c3ccc(Cl)cc3)CC2)c2cc(Cl)ccc21. The molecule has 0 aliphatic carbocycles. The molecule has 0 atom stereocenters. The number of hydrogen-bond acceptors (Lipinski definition) is 16. The van der Waals surface area contributed by atoms with Crippen molar-refractivity contribution in [3.05, 3.63) is 230 Å². The number of rotatable bonds is 10. The van der Waals surface area contributed by atoms with Crippen molar-refractivity contribution in [1.82, 2.24) is 28.4 Å². The lowest BCUT2D eigenvalue weighted by Crippen LogP contribution is -2.49. The molecule has 3 saturated heterocycles. The van der Waals surface area contributed by atoms with Gasteiger partial charge in [-0.1, -0.05) is 91.9 Å². The van der Waals surface area contributed by atoms with Gasteiger partial charge in [-0.05, 0) is 121 Å². The van der Waals surface area contributed by atoms with Gasteiger partial charge in [0.25, 0.3) is 17.7 Å². The Morgan fingerprint density at radius 3 is 0.939 bits per heavy atom. The van der Waals surface area contributed by atoms with E-state index in [0.29, 0.717) is 159 Å². The van der Waals surface area contributed by atoms with Crippen molar-refractivity contribution in [2.24, 2.45) is 21.1 Å². The lowest BCUT2D eigenvalue weighted by Gasteiger charge is -2.36. The summed E-state index contributed by atoms with van der Waals surface area (Å²) in [5.41, 5.74) is 0.253. The van der Waals surface area contributed by atoms with Crippen LogP contribution in [0.2, 0.25) is 30.1 Å². The van der Waals surface area contributed by atoms with Crippen molar-refractivity contribution in [1.29, 1.82) is 0 Å². The van der Waals surface area contributed by atoms with Crippen molar-refractivity contribution in [2.45, 2.75) is 22.3 Å². The first-order valence-corrected chi connectivity index (χ1v) is 31.4. The van der Waals surface area contributed by atoms with Gasteiger partial charge in [-0.3, -0.25) is 59.1 Å². The number of aromatic nitrogens is 3. The van der Waals surface area contributed by atoms with Crippen molar-refractivity contribution >= 4 is 154 Å². The summed E-state index contributed by atoms with van der Waals surface area (Å²) in [6.45, 7) is 4.05. The first kappa shape index (κ1) is 75.9. The van der Waals surface area contributed by atoms with E-state index in [0.717, 1.165) is 0 Å². The van der Waals surface area contributed by atoms with Crippen LogP contribution in [-0.2, 0) is 21.1 Å². The smallest absolute Gasteiger partial charge is 0.357 e. The minimum Gasteiger partial charge on any atom is -0.497 e. The van der Waals surface area contributed by atoms with E-state index in [4.69, 9.17) is 74.3 Å². The Hall–Kier alpha value is -9.50. The molecular weight excluding hydrogens is 1390 g/mol. The van der Waals surface area contributed by atoms with Crippen molar-refractivity contribution < 1.29 is 33.9 Å². The third-order valence-electron chi connectivity index (χ3n) is 16.7. The lowest BCUT2D eigenvalue weighted by molar-refractivity contribution is -0.385. The van der Waals surface area contributed by atoms with E-state index in [9.17, 15) is 59.1 Å². The molecule has 0 radical (unpaired) electrons. The highest BCUT2D eigenvalue weighted by molar-refractivity contribution is 6.42. The molecule has 0 N–H and O–H groups in total. The number of amides is 3. The lowest BCUT2D eigenvalue weighted by atomic mass is 10.1. The second-order valence-electron chi connectivity index (χ2n) is 22.1. The first-order valence-electron chi connectivity index (χ1n) is 29.2. The van der Waals surface area contributed by atoms with Gasteiger partial charge in [-0.2, -0.15) is 0 Å². The number of fused-ring (bicyclic) bond motifs is 3. The molecule has 25 nitrogen and oxygen atoms in total. The van der Waals surface area contributed by atoms with Gasteiger partial charge in [0.15, 0.2) is 0 Å². The maximum atomic E-state index is 12.9. The number of ether oxygens (including phenoxy) is 1. The van der Waals surface area contributed by atoms with Crippen LogP contribution >= 0.6 is 69.6 Å². The predicted molar refractivity (Wildman–Crippen MR) is 388 cm³/mol. The number of methoxy groups -OCH3 is 1. The van der Waals surface area contributed by atoms with Gasteiger partial charge >= 0.3 is 33.7 Å². The predicted octanol–water partition coefficient (Wildman–Crippen LogP) is 13.1. The minimum absolute atomic E-state index is 0. The summed E-state index contributed by atoms with van der Waals surface area (Å²) in [6, 6.07) is 33.0. The number of nitrogens with zero attached hydrogens (tertiary/aromatic N) is 12. The number of nitro groups is 3. The molecule has 6 aromatic carbocycles. The molecule has 3 aliphatic rings. The number of halogens is 6. The minimum atomic E-state index is -0.700. The van der Waals surface area contributed by atoms with Gasteiger partial charge in [0, 0.05) is 153 Å². The number of piperazine rings is 3. The quantitative estimate of drug-likeness (QED) is 0.0909. The molecule has 31 heteroatoms. The number of pyridine rings is 3. The highest BCUT2D eigenvalue weighted by atomic mass is 35.5. The van der Waals surface area contributed by atoms with Crippen molar-refractivity contribution in [3.63, 3.8) is 0 Å². The van der Waals surface area contributed by atoms with Crippen LogP contribution in [0, 0.1) is 30.3 Å². The average molecular weight is 1460 g/mol. The number of benzene rings is 6. The molecule has 12 rings (SSSR count). The molecule has 3 aliphatic heterocycles. The fourth-order valence-electron chi connectivity index (χ4n) is 11.8. The summed E-state index contributed by atoms with van der Waals surface area (Å²) in [5, 5.41) is 39.5. The van der Waals surface area contributed by atoms with Crippen LogP contribution in [0.3, 0.4) is 0 Å². The Labute approximate surface area is 592 Å². The summed E-state index contributed by atoms with van der Waals surface area (Å²) in [5.74, 6) is 0.186. The van der Waals surface area contributed by atoms with Crippen LogP contribution in [0.25, 0.3) is 32.7 Å². The second kappa shape index (κ2) is 31.8. The van der Waals surface area contributed by atoms with Crippen LogP contribution in [0.1, 0.15) is 53.4 Å². The van der Waals surface area contributed by atoms with Crippen molar-refractivity contribution in [2.75, 3.05) is 100 Å². The summed E-state index contributed by atoms with van der Waals surface area (Å²) in [4.78, 5) is 121. The third kappa shape index (κ3) is 15.4. The molecule has 98 heavy (non-hydrogen) atoms. The normalized spacial score (nSPS) is 13.7. The molecule has 9 aromatic rings. The summed E-state index contributed by atoms with van der Waals surface area (Å²) in [7, 11) is 6.05. The van der Waals surface area contributed by atoms with Gasteiger partial charge in [-0.15, -0.1) is 0 Å². The molecule has 3 fully saturated rings. The van der Waals surface area contributed by atoms with E-state index in [1.54, 1.807) is 152 Å². The van der Waals surface area contributed by atoms with E-state index in [-0.39, 0.29) is 62.1 Å². The van der Waals surface area contributed by atoms with Crippen LogP contribution in [0.5, 0.6) is 5.75 Å². The standard InChI is InChI=1S/C22H21ClN4O5.C21H17Cl3N4O4.C21H18Cl2N4O4.3CH4/c1-24-18-8-5-15(23)13-17(18)19(20(22(24)29)27(30)31)25-9-11-26(12-10-25)21(28)14-3-6-16(32-2)7-4-14;1-25-17-5-3-13(22)11-14(17)18(19(21(25)30)28(31)32)26-6-8-27(9-7-26)20(29)12-2-4-15(23)16(24)10-12;1-24-17-7-6-15(23)12-16(17)18(19(21(24)29)27(30)31)25-8-10-26(11-9-25)20(28)13-2-4-14(22)5-3-13;;;/h3-8,13H,9-12H2,1-2H3;2-5,10-11H,6-9H2,1H3;2-7,12H,8-11H2,1H3;3*1H4. The monoisotopic (exact) mass is 1460 g/mol. The molecule has 3 aromatic heterocycles. The average Bonchev–Trinajstić information content (AvgIpc) is 0.763. The van der Waals surface area contributed by atoms with E-state index in [1.807, 2.05) is 0 Å². The maximum Gasteiger partial charge on any atom is 0.357 e. The molecule has 0 bridgehead atoms. The van der Waals surface area contributed by atoms with Crippen LogP contribution in [0.15, 0.2) is 136 Å². The second-order valence-corrected chi connectivity index (χ2v) is 24.7. The van der Waals surface area contributed by atoms with E-state index in [2.05, 4.69) is 0 Å². The van der Waals surface area contributed by atoms with Crippen LogP contribution in [-0.4, -0.2) is 147 Å². The van der Waals surface area contributed by atoms with Gasteiger partial charge in [0.1, 0.15) is 22.8 Å². The maximum absolute atomic E-state index is 12.9.